The number of likely N-dealkylation sites (tertiary alicyclic amines) is 1. The minimum absolute atomic E-state index is 0.241. The average molecular weight is 310 g/mol. The summed E-state index contributed by atoms with van der Waals surface area (Å²) in [7, 11) is 0. The molecule has 4 heteroatoms. The quantitative estimate of drug-likeness (QED) is 0.857. The second-order valence-corrected chi connectivity index (χ2v) is 5.68. The first-order valence-electron chi connectivity index (χ1n) is 7.89. The van der Waals surface area contributed by atoms with Crippen molar-refractivity contribution in [3.8, 4) is 11.3 Å². The number of nitrogens with zero attached hydrogens (tertiary/aromatic N) is 2. The van der Waals surface area contributed by atoms with Gasteiger partial charge in [-0.15, -0.1) is 0 Å². The van der Waals surface area contributed by atoms with Crippen LogP contribution in [0.1, 0.15) is 24.8 Å². The number of halogens is 1. The lowest BCUT2D eigenvalue weighted by molar-refractivity contribution is -0.132. The predicted octanol–water partition coefficient (Wildman–Crippen LogP) is 3.91. The molecule has 23 heavy (non-hydrogen) atoms. The van der Waals surface area contributed by atoms with Crippen LogP contribution in [0.3, 0.4) is 0 Å². The molecular formula is C19H19FN2O. The molecule has 1 amide bonds. The van der Waals surface area contributed by atoms with Crippen molar-refractivity contribution in [3.05, 3.63) is 60.1 Å². The van der Waals surface area contributed by atoms with Gasteiger partial charge in [0.15, 0.2) is 0 Å². The molecule has 2 heterocycles. The summed E-state index contributed by atoms with van der Waals surface area (Å²) >= 11 is 0. The number of rotatable bonds is 4. The van der Waals surface area contributed by atoms with Crippen molar-refractivity contribution in [1.29, 1.82) is 0 Å². The Labute approximate surface area is 135 Å². The van der Waals surface area contributed by atoms with Gasteiger partial charge in [0.1, 0.15) is 5.82 Å². The largest absolute Gasteiger partial charge is 0.339 e. The van der Waals surface area contributed by atoms with Gasteiger partial charge in [-0.3, -0.25) is 9.78 Å². The molecule has 1 fully saturated rings. The van der Waals surface area contributed by atoms with Gasteiger partial charge in [0.2, 0.25) is 5.91 Å². The molecule has 0 atom stereocenters. The zero-order valence-corrected chi connectivity index (χ0v) is 12.9. The van der Waals surface area contributed by atoms with Gasteiger partial charge >= 0.3 is 0 Å². The van der Waals surface area contributed by atoms with Gasteiger partial charge in [-0.05, 0) is 48.7 Å². The molecule has 3 rings (SSSR count). The predicted molar refractivity (Wildman–Crippen MR) is 89.1 cm³/mol. The maximum Gasteiger partial charge on any atom is 0.222 e. The highest BCUT2D eigenvalue weighted by molar-refractivity contribution is 5.77. The molecule has 0 spiro atoms. The fourth-order valence-electron chi connectivity index (χ4n) is 2.67. The zero-order chi connectivity index (χ0) is 16.1. The van der Waals surface area contributed by atoms with E-state index in [2.05, 4.69) is 4.98 Å². The molecular weight excluding hydrogens is 291 g/mol. The van der Waals surface area contributed by atoms with Crippen molar-refractivity contribution < 1.29 is 9.18 Å². The summed E-state index contributed by atoms with van der Waals surface area (Å²) in [6.45, 7) is 1.50. The Bertz CT molecular complexity index is 692. The molecule has 0 N–H and O–H groups in total. The van der Waals surface area contributed by atoms with Crippen LogP contribution in [0.2, 0.25) is 0 Å². The lowest BCUT2D eigenvalue weighted by Crippen LogP contribution is -2.35. The molecule has 3 nitrogen and oxygen atoms in total. The minimum Gasteiger partial charge on any atom is -0.339 e. The van der Waals surface area contributed by atoms with Crippen LogP contribution in [0.4, 0.5) is 4.39 Å². The summed E-state index contributed by atoms with van der Waals surface area (Å²) in [5.74, 6) is -0.00811. The van der Waals surface area contributed by atoms with Crippen LogP contribution in [0.25, 0.3) is 17.3 Å². The molecule has 2 aromatic rings. The number of aromatic nitrogens is 1. The van der Waals surface area contributed by atoms with E-state index in [4.69, 9.17) is 0 Å². The van der Waals surface area contributed by atoms with Crippen molar-refractivity contribution in [1.82, 2.24) is 9.88 Å². The van der Waals surface area contributed by atoms with Crippen molar-refractivity contribution in [3.63, 3.8) is 0 Å². The summed E-state index contributed by atoms with van der Waals surface area (Å²) in [4.78, 5) is 18.0. The Morgan fingerprint density at radius 3 is 2.65 bits per heavy atom. The number of hydrogen-bond donors (Lipinski definition) is 0. The van der Waals surface area contributed by atoms with Gasteiger partial charge in [-0.2, -0.15) is 0 Å². The summed E-state index contributed by atoms with van der Waals surface area (Å²) in [6.07, 6.45) is 8.53. The van der Waals surface area contributed by atoms with Crippen LogP contribution in [0.15, 0.2) is 48.7 Å². The maximum absolute atomic E-state index is 12.9. The third-order valence-corrected chi connectivity index (χ3v) is 3.98. The van der Waals surface area contributed by atoms with Gasteiger partial charge in [0.25, 0.3) is 0 Å². The molecule has 0 unspecified atom stereocenters. The highest BCUT2D eigenvalue weighted by atomic mass is 19.1. The van der Waals surface area contributed by atoms with E-state index < -0.39 is 0 Å². The van der Waals surface area contributed by atoms with Crippen molar-refractivity contribution in [2.24, 2.45) is 0 Å². The molecule has 1 aromatic heterocycles. The van der Waals surface area contributed by atoms with E-state index in [9.17, 15) is 9.18 Å². The summed E-state index contributed by atoms with van der Waals surface area (Å²) in [6, 6.07) is 10.2. The fourth-order valence-corrected chi connectivity index (χ4v) is 2.67. The van der Waals surface area contributed by atoms with Gasteiger partial charge in [-0.25, -0.2) is 4.39 Å². The van der Waals surface area contributed by atoms with Crippen LogP contribution < -0.4 is 0 Å². The second-order valence-electron chi connectivity index (χ2n) is 5.68. The second kappa shape index (κ2) is 7.18. The Morgan fingerprint density at radius 2 is 1.96 bits per heavy atom. The Morgan fingerprint density at radius 1 is 1.13 bits per heavy atom. The number of carbonyl (C=O) groups is 1. The van der Waals surface area contributed by atoms with E-state index >= 15 is 0 Å². The zero-order valence-electron chi connectivity index (χ0n) is 12.9. The third kappa shape index (κ3) is 4.03. The molecule has 1 aromatic carbocycles. The molecule has 118 valence electrons. The lowest BCUT2D eigenvalue weighted by Gasteiger charge is -2.25. The Hall–Kier alpha value is -2.49. The van der Waals surface area contributed by atoms with Crippen molar-refractivity contribution >= 4 is 12.0 Å². The van der Waals surface area contributed by atoms with Crippen LogP contribution in [-0.2, 0) is 4.79 Å². The van der Waals surface area contributed by atoms with Crippen LogP contribution in [0, 0.1) is 5.82 Å². The number of hydrogen-bond acceptors (Lipinski definition) is 2. The van der Waals surface area contributed by atoms with E-state index in [1.54, 1.807) is 18.3 Å². The van der Waals surface area contributed by atoms with Gasteiger partial charge in [-0.1, -0.05) is 18.2 Å². The molecule has 0 saturated carbocycles. The molecule has 1 saturated heterocycles. The average Bonchev–Trinajstić information content (AvgIpc) is 2.58. The van der Waals surface area contributed by atoms with E-state index in [0.717, 1.165) is 36.2 Å². The Kier molecular flexibility index (Phi) is 4.81. The van der Waals surface area contributed by atoms with Crippen molar-refractivity contribution in [2.75, 3.05) is 13.1 Å². The van der Waals surface area contributed by atoms with Gasteiger partial charge < -0.3 is 4.90 Å². The summed E-state index contributed by atoms with van der Waals surface area (Å²) < 4.78 is 12.9. The third-order valence-electron chi connectivity index (χ3n) is 3.98. The summed E-state index contributed by atoms with van der Waals surface area (Å²) in [5, 5.41) is 0. The molecule has 1 aliphatic heterocycles. The first-order valence-corrected chi connectivity index (χ1v) is 7.89. The van der Waals surface area contributed by atoms with Gasteiger partial charge in [0.05, 0.1) is 5.69 Å². The maximum atomic E-state index is 12.9. The standard InChI is InChI=1S/C19H19FN2O/c20-17-9-7-16(8-10-17)18-11-6-15(14-21-18)4-3-13-22-12-2-1-5-19(22)23/h3-4,6-11,14H,1-2,5,12-13H2/b4-3+. The summed E-state index contributed by atoms with van der Waals surface area (Å²) in [5.41, 5.74) is 2.69. The first-order chi connectivity index (χ1) is 11.2. The SMILES string of the molecule is O=C1CCCCN1C/C=C/c1ccc(-c2ccc(F)cc2)nc1. The monoisotopic (exact) mass is 310 g/mol. The number of carbonyl (C=O) groups excluding carboxylic acids is 1. The normalized spacial score (nSPS) is 15.3. The van der Waals surface area contributed by atoms with E-state index in [1.807, 2.05) is 29.2 Å². The van der Waals surface area contributed by atoms with Crippen LogP contribution in [-0.4, -0.2) is 28.9 Å². The molecule has 1 aliphatic rings. The van der Waals surface area contributed by atoms with Crippen LogP contribution >= 0.6 is 0 Å². The fraction of sp³-hybridized carbons (Fsp3) is 0.263. The minimum atomic E-state index is -0.249. The molecule has 0 radical (unpaired) electrons. The topological polar surface area (TPSA) is 33.2 Å². The van der Waals surface area contributed by atoms with E-state index in [-0.39, 0.29) is 11.7 Å². The highest BCUT2D eigenvalue weighted by Crippen LogP contribution is 2.18. The van der Waals surface area contributed by atoms with E-state index in [0.29, 0.717) is 13.0 Å². The Balaban J connectivity index is 1.62. The number of amides is 1. The van der Waals surface area contributed by atoms with E-state index in [1.165, 1.54) is 12.1 Å². The molecule has 0 aliphatic carbocycles. The number of benzene rings is 1. The van der Waals surface area contributed by atoms with Gasteiger partial charge in [0, 0.05) is 31.3 Å². The number of pyridine rings is 1. The molecule has 0 bridgehead atoms. The first kappa shape index (κ1) is 15.4. The lowest BCUT2D eigenvalue weighted by atomic mass is 10.1. The van der Waals surface area contributed by atoms with Crippen molar-refractivity contribution in [2.45, 2.75) is 19.3 Å². The highest BCUT2D eigenvalue weighted by Gasteiger charge is 2.15. The van der Waals surface area contributed by atoms with Crippen LogP contribution in [0.5, 0.6) is 0 Å². The smallest absolute Gasteiger partial charge is 0.222 e. The number of piperidine rings is 1.